The van der Waals surface area contributed by atoms with Crippen LogP contribution >= 0.6 is 11.3 Å². The van der Waals surface area contributed by atoms with E-state index in [0.717, 1.165) is 210 Å². The summed E-state index contributed by atoms with van der Waals surface area (Å²) in [4.78, 5) is 95.7. The minimum Gasteiger partial charge on any atom is -0.487 e. The second kappa shape index (κ2) is 40.5. The van der Waals surface area contributed by atoms with Crippen molar-refractivity contribution in [1.29, 1.82) is 5.26 Å². The number of morpholine rings is 5. The number of fused-ring (bicyclic) bond motifs is 6. The van der Waals surface area contributed by atoms with Crippen molar-refractivity contribution < 1.29 is 75.7 Å². The highest BCUT2D eigenvalue weighted by Gasteiger charge is 2.39. The van der Waals surface area contributed by atoms with Crippen molar-refractivity contribution in [3.63, 3.8) is 0 Å². The van der Waals surface area contributed by atoms with E-state index in [4.69, 9.17) is 52.6 Å². The first-order valence-corrected chi connectivity index (χ1v) is 47.5. The number of benzene rings is 6. The maximum Gasteiger partial charge on any atom is 0.275 e. The lowest BCUT2D eigenvalue weighted by Gasteiger charge is -2.31. The lowest BCUT2D eigenvalue weighted by molar-refractivity contribution is 0.101. The lowest BCUT2D eigenvalue weighted by Crippen LogP contribution is -2.36. The number of ether oxygens (including phenoxy) is 10. The molecule has 21 rings (SSSR count). The van der Waals surface area contributed by atoms with Crippen molar-refractivity contribution in [3.8, 4) is 34.8 Å². The van der Waals surface area contributed by atoms with Gasteiger partial charge in [-0.15, -0.1) is 11.3 Å². The van der Waals surface area contributed by atoms with Crippen LogP contribution in [0, 0.1) is 38.1 Å². The van der Waals surface area contributed by atoms with Crippen molar-refractivity contribution in [2.24, 2.45) is 0 Å². The molecule has 36 heteroatoms. The zero-order valence-electron chi connectivity index (χ0n) is 80.0. The Hall–Kier alpha value is -13.7. The van der Waals surface area contributed by atoms with Crippen LogP contribution in [-0.4, -0.2) is 229 Å². The van der Waals surface area contributed by atoms with Crippen LogP contribution in [0.5, 0.6) is 28.7 Å². The fraction of sp³-hybridized carbons (Fsp3) is 0.422. The topological polar surface area (TPSA) is 384 Å². The molecule has 6 N–H and O–H groups in total. The van der Waals surface area contributed by atoms with Gasteiger partial charge in [0.1, 0.15) is 96.6 Å². The Kier molecular flexibility index (Phi) is 28.2. The number of aryl methyl sites for hydroxylation is 3. The average Bonchev–Trinajstić information content (AvgIpc) is 1.65. The van der Waals surface area contributed by atoms with E-state index in [-0.39, 0.29) is 63.0 Å². The molecule has 722 valence electrons. The summed E-state index contributed by atoms with van der Waals surface area (Å²) in [5.41, 5.74) is 17.1. The molecule has 0 unspecified atom stereocenters. The molecule has 138 heavy (non-hydrogen) atoms. The van der Waals surface area contributed by atoms with Gasteiger partial charge < -0.3 is 98.5 Å². The van der Waals surface area contributed by atoms with Crippen LogP contribution in [0.3, 0.4) is 0 Å². The van der Waals surface area contributed by atoms with Crippen molar-refractivity contribution in [2.45, 2.75) is 150 Å². The molecule has 6 aromatic carbocycles. The number of pyridine rings is 2. The minimum atomic E-state index is -0.680. The van der Waals surface area contributed by atoms with E-state index in [0.29, 0.717) is 117 Å². The molecule has 0 saturated carbocycles. The number of hydrogen-bond acceptors (Lipinski definition) is 29. The molecule has 10 aliphatic rings. The molecular weight excluding hydrogens is 1780 g/mol. The predicted octanol–water partition coefficient (Wildman–Crippen LogP) is 14.7. The molecule has 0 radical (unpaired) electrons. The third-order valence-electron chi connectivity index (χ3n) is 24.7. The Labute approximate surface area is 804 Å². The molecular formula is C102H116FN19O15S. The van der Waals surface area contributed by atoms with E-state index in [1.807, 2.05) is 94.4 Å². The number of carbonyl (C=O) groups excluding carboxylic acids is 5. The summed E-state index contributed by atoms with van der Waals surface area (Å²) in [6.07, 6.45) is 7.08. The van der Waals surface area contributed by atoms with Crippen LogP contribution in [0.15, 0.2) is 127 Å². The highest BCUT2D eigenvalue weighted by Crippen LogP contribution is 2.48. The van der Waals surface area contributed by atoms with Gasteiger partial charge in [-0.3, -0.25) is 29.0 Å². The molecule has 11 aromatic rings. The second-order valence-corrected chi connectivity index (χ2v) is 39.5. The number of nitrogens with zero attached hydrogens (tertiary/aromatic N) is 13. The number of nitrogens with one attached hydrogen (secondary N) is 6. The van der Waals surface area contributed by atoms with Gasteiger partial charge in [-0.1, -0.05) is 12.1 Å². The summed E-state index contributed by atoms with van der Waals surface area (Å²) in [6, 6.07) is 35.0. The monoisotopic (exact) mass is 1900 g/mol. The van der Waals surface area contributed by atoms with Gasteiger partial charge in [0.05, 0.1) is 157 Å². The standard InChI is InChI=1S/C22H24N4O3.C21H23N5O3.C20H22FN3O3.C20H24N4O3.C19H23N3O3S/c1-14-15(13-23)4-5-17(24-14)21(27)25-18-10-16-12-22(2,3)29-20(16)11-19(18)26-6-8-28-9-7-26;1-21(2)12-13-10-16(17(11-18(13)29-21)26-6-8-28-9-7-26)22-20(27)14-4-3-5-15-19(14)24-25-23-15;1-20(2)12-13-10-15(23-19(25)14-4-3-5-18(21)22-14)16(11-17(13)27-20)24-6-8-26-9-7-24;1-13-11-21-12-16(22-13)19(25)23-15-8-14-10-20(2,3)27-18(14)9-17(15)24-4-6-26-7-5-24;1-12-20-15(11-26-12)18(23)21-14-8-13-10-19(2,3)25-17(13)9-16(14)22-4-6-24-7-5-22/h4-5,10-11H,6-9,12H2,1-3H3,(H,25,27);3-5,10-11H,6-9,12H2,1-2H3,(H,22,27)(H,23,24,25);3-5,10-11H,6-9,12H2,1-2H3,(H,23,25);8-9,11-12H,4-7,10H2,1-3H3,(H,23,25);8-9,11H,4-7,10H2,1-3H3,(H,21,23). The van der Waals surface area contributed by atoms with Crippen molar-refractivity contribution in [3.05, 3.63) is 211 Å². The maximum absolute atomic E-state index is 13.4. The van der Waals surface area contributed by atoms with Gasteiger partial charge in [0.15, 0.2) is 0 Å². The Morgan fingerprint density at radius 2 is 0.732 bits per heavy atom. The molecule has 5 fully saturated rings. The number of aromatic nitrogens is 8. The molecule has 5 amide bonds. The summed E-state index contributed by atoms with van der Waals surface area (Å²) in [6.45, 7) is 40.3. The molecule has 0 bridgehead atoms. The number of carbonyl (C=O) groups is 5. The Balaban J connectivity index is 0.000000119. The summed E-state index contributed by atoms with van der Waals surface area (Å²) in [5.74, 6) is 2.29. The number of halogens is 1. The highest BCUT2D eigenvalue weighted by atomic mass is 32.1. The van der Waals surface area contributed by atoms with Gasteiger partial charge in [-0.2, -0.15) is 25.1 Å². The first-order valence-electron chi connectivity index (χ1n) is 46.6. The van der Waals surface area contributed by atoms with Crippen LogP contribution in [0.4, 0.5) is 61.3 Å². The second-order valence-electron chi connectivity index (χ2n) is 38.4. The van der Waals surface area contributed by atoms with Crippen LogP contribution < -0.4 is 74.8 Å². The number of rotatable bonds is 15. The highest BCUT2D eigenvalue weighted by molar-refractivity contribution is 7.09. The van der Waals surface area contributed by atoms with E-state index in [1.165, 1.54) is 35.7 Å². The van der Waals surface area contributed by atoms with Crippen LogP contribution in [0.25, 0.3) is 11.0 Å². The Bertz CT molecular complexity index is 6320. The summed E-state index contributed by atoms with van der Waals surface area (Å²) in [7, 11) is 0. The first-order chi connectivity index (χ1) is 66.1. The third-order valence-corrected chi connectivity index (χ3v) is 25.5. The molecule has 15 heterocycles. The molecule has 0 atom stereocenters. The normalized spacial score (nSPS) is 17.8. The molecule has 0 aliphatic carbocycles. The van der Waals surface area contributed by atoms with Gasteiger partial charge in [0.2, 0.25) is 5.95 Å². The van der Waals surface area contributed by atoms with E-state index in [2.05, 4.69) is 159 Å². The number of thiazole rings is 1. The van der Waals surface area contributed by atoms with E-state index in [9.17, 15) is 28.4 Å². The fourth-order valence-corrected chi connectivity index (χ4v) is 19.0. The summed E-state index contributed by atoms with van der Waals surface area (Å²) >= 11 is 1.48. The number of nitriles is 1. The average molecular weight is 1900 g/mol. The zero-order valence-corrected chi connectivity index (χ0v) is 80.8. The Morgan fingerprint density at radius 1 is 0.391 bits per heavy atom. The number of para-hydroxylation sites is 1. The van der Waals surface area contributed by atoms with Crippen LogP contribution in [-0.2, 0) is 55.8 Å². The number of aromatic amines is 1. The maximum atomic E-state index is 13.4. The van der Waals surface area contributed by atoms with Gasteiger partial charge in [-0.25, -0.2) is 19.9 Å². The van der Waals surface area contributed by atoms with Gasteiger partial charge in [0.25, 0.3) is 29.5 Å². The molecule has 34 nitrogen and oxygen atoms in total. The van der Waals surface area contributed by atoms with Gasteiger partial charge in [-0.05, 0) is 157 Å². The van der Waals surface area contributed by atoms with Gasteiger partial charge in [0, 0.05) is 167 Å². The largest absolute Gasteiger partial charge is 0.487 e. The molecule has 10 aliphatic heterocycles. The molecule has 5 aromatic heterocycles. The van der Waals surface area contributed by atoms with Crippen LogP contribution in [0.1, 0.15) is 171 Å². The van der Waals surface area contributed by atoms with Gasteiger partial charge >= 0.3 is 0 Å². The number of amides is 5. The smallest absolute Gasteiger partial charge is 0.275 e. The van der Waals surface area contributed by atoms with Crippen LogP contribution in [0.2, 0.25) is 0 Å². The van der Waals surface area contributed by atoms with E-state index in [1.54, 1.807) is 36.7 Å². The third kappa shape index (κ3) is 22.9. The minimum absolute atomic E-state index is 0.0417. The number of hydrogen-bond donors (Lipinski definition) is 6. The van der Waals surface area contributed by atoms with Crippen molar-refractivity contribution >= 4 is 109 Å². The summed E-state index contributed by atoms with van der Waals surface area (Å²) < 4.78 is 71.2. The Morgan fingerprint density at radius 3 is 1.07 bits per heavy atom. The van der Waals surface area contributed by atoms with Crippen molar-refractivity contribution in [1.82, 2.24) is 40.3 Å². The predicted molar refractivity (Wildman–Crippen MR) is 525 cm³/mol. The quantitative estimate of drug-likeness (QED) is 0.0519. The van der Waals surface area contributed by atoms with E-state index >= 15 is 0 Å². The fourth-order valence-electron chi connectivity index (χ4n) is 18.4. The SMILES string of the molecule is CC1(C)Cc2cc(NC(=O)c3cccc(F)n3)c(N3CCOCC3)cc2O1.CC1(C)Cc2cc(NC(=O)c3cccc4n[nH]nc34)c(N3CCOCC3)cc2O1.Cc1cncc(C(=O)Nc2cc3c(cc2N2CCOCC2)OC(C)(C)C3)n1.Cc1nc(C(=O)Nc2cc3c(cc2N2CCOCC2)OC(C)(C)C3)ccc1C#N.Cc1nc(C(=O)Nc2cc3c(cc2N2CCOCC2)OC(C)(C)C3)cs1. The number of anilines is 10. The number of H-pyrrole nitrogens is 1. The zero-order chi connectivity index (χ0) is 97.0. The molecule has 5 saturated heterocycles. The summed E-state index contributed by atoms with van der Waals surface area (Å²) in [5, 5.41) is 37.6. The lowest BCUT2D eigenvalue weighted by atomic mass is 10.0. The van der Waals surface area contributed by atoms with E-state index < -0.39 is 11.9 Å². The first kappa shape index (κ1) is 96.0. The molecule has 0 spiro atoms. The van der Waals surface area contributed by atoms with Crippen molar-refractivity contribution in [2.75, 3.05) is 183 Å².